The summed E-state index contributed by atoms with van der Waals surface area (Å²) in [6.45, 7) is 0. The summed E-state index contributed by atoms with van der Waals surface area (Å²) in [4.78, 5) is 4.81. The Hall–Kier alpha value is -3.33. The van der Waals surface area contributed by atoms with Crippen molar-refractivity contribution in [1.82, 2.24) is 4.98 Å². The molecule has 0 aliphatic heterocycles. The number of ether oxygens (including phenoxy) is 2. The van der Waals surface area contributed by atoms with Crippen LogP contribution in [0.1, 0.15) is 0 Å². The first kappa shape index (κ1) is 16.2. The van der Waals surface area contributed by atoms with Gasteiger partial charge in [0.1, 0.15) is 11.5 Å². The van der Waals surface area contributed by atoms with E-state index >= 15 is 0 Å². The minimum atomic E-state index is 0.805. The van der Waals surface area contributed by atoms with Gasteiger partial charge in [-0.1, -0.05) is 42.5 Å². The normalized spacial score (nSPS) is 10.7. The van der Waals surface area contributed by atoms with Gasteiger partial charge in [0.05, 0.1) is 25.4 Å². The van der Waals surface area contributed by atoms with Crippen LogP contribution in [0.4, 0.5) is 0 Å². The Labute approximate surface area is 152 Å². The molecule has 0 bridgehead atoms. The third kappa shape index (κ3) is 2.88. The molecule has 26 heavy (non-hydrogen) atoms. The van der Waals surface area contributed by atoms with E-state index < -0.39 is 0 Å². The van der Waals surface area contributed by atoms with Crippen LogP contribution in [-0.4, -0.2) is 19.2 Å². The predicted molar refractivity (Wildman–Crippen MR) is 106 cm³/mol. The monoisotopic (exact) mass is 341 g/mol. The van der Waals surface area contributed by atoms with Gasteiger partial charge in [0, 0.05) is 22.1 Å². The van der Waals surface area contributed by atoms with Gasteiger partial charge in [0.15, 0.2) is 0 Å². The summed E-state index contributed by atoms with van der Waals surface area (Å²) in [6.07, 6.45) is 0. The number of benzene rings is 3. The Morgan fingerprint density at radius 3 is 2.23 bits per heavy atom. The molecule has 0 amide bonds. The van der Waals surface area contributed by atoms with E-state index in [0.717, 1.165) is 44.8 Å². The maximum Gasteiger partial charge on any atom is 0.126 e. The Morgan fingerprint density at radius 2 is 1.38 bits per heavy atom. The highest BCUT2D eigenvalue weighted by Crippen LogP contribution is 2.38. The fourth-order valence-electron chi connectivity index (χ4n) is 3.17. The van der Waals surface area contributed by atoms with Crippen molar-refractivity contribution in [1.29, 1.82) is 0 Å². The number of pyridine rings is 1. The first-order chi connectivity index (χ1) is 12.8. The summed E-state index contributed by atoms with van der Waals surface area (Å²) in [6, 6.07) is 26.4. The van der Waals surface area contributed by atoms with Gasteiger partial charge < -0.3 is 9.47 Å². The maximum atomic E-state index is 5.58. The topological polar surface area (TPSA) is 31.4 Å². The number of hydrogen-bond donors (Lipinski definition) is 0. The summed E-state index contributed by atoms with van der Waals surface area (Å²) in [7, 11) is 3.36. The fraction of sp³-hybridized carbons (Fsp3) is 0.0870. The number of para-hydroxylation sites is 2. The molecule has 1 aromatic heterocycles. The average Bonchev–Trinajstić information content (AvgIpc) is 2.73. The van der Waals surface area contributed by atoms with Crippen molar-refractivity contribution < 1.29 is 9.47 Å². The highest BCUT2D eigenvalue weighted by molar-refractivity contribution is 5.84. The molecular formula is C23H19NO2. The first-order valence-corrected chi connectivity index (χ1v) is 8.48. The number of hydrogen-bond acceptors (Lipinski definition) is 3. The van der Waals surface area contributed by atoms with Crippen LogP contribution in [0.25, 0.3) is 33.3 Å². The van der Waals surface area contributed by atoms with Crippen LogP contribution in [0.2, 0.25) is 0 Å². The second-order valence-corrected chi connectivity index (χ2v) is 6.00. The standard InChI is InChI=1S/C23H19NO2/c1-25-22-10-6-4-8-18(22)19-15-17(12-14-23(19)26-2)21-13-11-16-7-3-5-9-20(16)24-21/h3-15H,1-2H3. The Kier molecular flexibility index (Phi) is 4.28. The van der Waals surface area contributed by atoms with Gasteiger partial charge >= 0.3 is 0 Å². The van der Waals surface area contributed by atoms with Crippen molar-refractivity contribution in [3.8, 4) is 33.9 Å². The molecule has 0 N–H and O–H groups in total. The summed E-state index contributed by atoms with van der Waals surface area (Å²) < 4.78 is 11.1. The number of methoxy groups -OCH3 is 2. The van der Waals surface area contributed by atoms with E-state index in [9.17, 15) is 0 Å². The SMILES string of the molecule is COc1ccccc1-c1cc(-c2ccc3ccccc3n2)ccc1OC. The van der Waals surface area contributed by atoms with Crippen molar-refractivity contribution in [2.45, 2.75) is 0 Å². The molecular weight excluding hydrogens is 322 g/mol. The van der Waals surface area contributed by atoms with Gasteiger partial charge in [0.25, 0.3) is 0 Å². The largest absolute Gasteiger partial charge is 0.496 e. The lowest BCUT2D eigenvalue weighted by atomic mass is 9.99. The van der Waals surface area contributed by atoms with E-state index in [2.05, 4.69) is 24.3 Å². The fourth-order valence-corrected chi connectivity index (χ4v) is 3.17. The van der Waals surface area contributed by atoms with Gasteiger partial charge in [-0.3, -0.25) is 0 Å². The van der Waals surface area contributed by atoms with Crippen LogP contribution in [0.5, 0.6) is 11.5 Å². The molecule has 3 aromatic carbocycles. The van der Waals surface area contributed by atoms with Gasteiger partial charge in [-0.25, -0.2) is 4.98 Å². The Bertz CT molecular complexity index is 1070. The molecule has 0 atom stereocenters. The predicted octanol–water partition coefficient (Wildman–Crippen LogP) is 5.59. The molecule has 4 aromatic rings. The van der Waals surface area contributed by atoms with Gasteiger partial charge in [0.2, 0.25) is 0 Å². The minimum Gasteiger partial charge on any atom is -0.496 e. The molecule has 0 fully saturated rings. The number of nitrogens with zero attached hydrogens (tertiary/aromatic N) is 1. The lowest BCUT2D eigenvalue weighted by Crippen LogP contribution is -1.93. The third-order valence-electron chi connectivity index (χ3n) is 4.49. The molecule has 0 saturated heterocycles. The van der Waals surface area contributed by atoms with Crippen molar-refractivity contribution in [3.05, 3.63) is 78.9 Å². The van der Waals surface area contributed by atoms with Gasteiger partial charge in [-0.2, -0.15) is 0 Å². The molecule has 1 heterocycles. The molecule has 0 aliphatic carbocycles. The van der Waals surface area contributed by atoms with E-state index in [1.165, 1.54) is 0 Å². The quantitative estimate of drug-likeness (QED) is 0.485. The smallest absolute Gasteiger partial charge is 0.126 e. The molecule has 3 nitrogen and oxygen atoms in total. The zero-order valence-electron chi connectivity index (χ0n) is 14.8. The van der Waals surface area contributed by atoms with Crippen molar-refractivity contribution in [3.63, 3.8) is 0 Å². The van der Waals surface area contributed by atoms with Crippen molar-refractivity contribution in [2.75, 3.05) is 14.2 Å². The molecule has 0 spiro atoms. The van der Waals surface area contributed by atoms with Crippen LogP contribution < -0.4 is 9.47 Å². The van der Waals surface area contributed by atoms with Crippen LogP contribution >= 0.6 is 0 Å². The summed E-state index contributed by atoms with van der Waals surface area (Å²) in [5, 5.41) is 1.13. The van der Waals surface area contributed by atoms with E-state index in [0.29, 0.717) is 0 Å². The van der Waals surface area contributed by atoms with Gasteiger partial charge in [-0.05, 0) is 36.4 Å². The number of fused-ring (bicyclic) bond motifs is 1. The second-order valence-electron chi connectivity index (χ2n) is 6.00. The van der Waals surface area contributed by atoms with Crippen LogP contribution in [0.15, 0.2) is 78.9 Å². The van der Waals surface area contributed by atoms with Crippen LogP contribution in [0, 0.1) is 0 Å². The van der Waals surface area contributed by atoms with Crippen LogP contribution in [-0.2, 0) is 0 Å². The average molecular weight is 341 g/mol. The Balaban J connectivity index is 1.88. The highest BCUT2D eigenvalue weighted by atomic mass is 16.5. The van der Waals surface area contributed by atoms with E-state index in [4.69, 9.17) is 14.5 Å². The highest BCUT2D eigenvalue weighted by Gasteiger charge is 2.13. The molecule has 3 heteroatoms. The number of aromatic nitrogens is 1. The second kappa shape index (κ2) is 6.89. The maximum absolute atomic E-state index is 5.58. The summed E-state index contributed by atoms with van der Waals surface area (Å²) >= 11 is 0. The minimum absolute atomic E-state index is 0.805. The lowest BCUT2D eigenvalue weighted by Gasteiger charge is -2.14. The molecule has 128 valence electrons. The third-order valence-corrected chi connectivity index (χ3v) is 4.49. The van der Waals surface area contributed by atoms with Crippen LogP contribution in [0.3, 0.4) is 0 Å². The number of rotatable bonds is 4. The molecule has 0 radical (unpaired) electrons. The molecule has 0 unspecified atom stereocenters. The van der Waals surface area contributed by atoms with Crippen molar-refractivity contribution >= 4 is 10.9 Å². The van der Waals surface area contributed by atoms with E-state index in [1.807, 2.05) is 54.6 Å². The summed E-state index contributed by atoms with van der Waals surface area (Å²) in [5.41, 5.74) is 4.94. The van der Waals surface area contributed by atoms with Gasteiger partial charge in [-0.15, -0.1) is 0 Å². The first-order valence-electron chi connectivity index (χ1n) is 8.48. The lowest BCUT2D eigenvalue weighted by molar-refractivity contribution is 0.410. The molecule has 4 rings (SSSR count). The molecule has 0 saturated carbocycles. The summed E-state index contributed by atoms with van der Waals surface area (Å²) in [5.74, 6) is 1.62. The van der Waals surface area contributed by atoms with Crippen molar-refractivity contribution in [2.24, 2.45) is 0 Å². The molecule has 0 aliphatic rings. The van der Waals surface area contributed by atoms with E-state index in [-0.39, 0.29) is 0 Å². The zero-order chi connectivity index (χ0) is 17.9. The van der Waals surface area contributed by atoms with E-state index in [1.54, 1.807) is 14.2 Å². The zero-order valence-corrected chi connectivity index (χ0v) is 14.8. The Morgan fingerprint density at radius 1 is 0.654 bits per heavy atom.